The van der Waals surface area contributed by atoms with Gasteiger partial charge in [0.05, 0.1) is 13.2 Å². The fourth-order valence-electron chi connectivity index (χ4n) is 3.72. The Bertz CT molecular complexity index is 865. The summed E-state index contributed by atoms with van der Waals surface area (Å²) in [6.07, 6.45) is 3.17. The van der Waals surface area contributed by atoms with Gasteiger partial charge >= 0.3 is 0 Å². The maximum atomic E-state index is 6.16. The van der Waals surface area contributed by atoms with Gasteiger partial charge in [-0.05, 0) is 55.5 Å². The molecule has 1 heterocycles. The Morgan fingerprint density at radius 2 is 1.94 bits per heavy atom. The van der Waals surface area contributed by atoms with Crippen LogP contribution in [-0.4, -0.2) is 53.5 Å². The molecule has 0 spiro atoms. The van der Waals surface area contributed by atoms with Crippen LogP contribution in [0, 0.1) is 12.8 Å². The summed E-state index contributed by atoms with van der Waals surface area (Å²) in [6, 6.07) is 15.1. The van der Waals surface area contributed by atoms with Crippen LogP contribution in [0.15, 0.2) is 47.5 Å². The smallest absolute Gasteiger partial charge is 0.191 e. The van der Waals surface area contributed by atoms with Crippen molar-refractivity contribution >= 4 is 35.6 Å². The molecule has 0 aromatic heterocycles. The average Bonchev–Trinajstić information content (AvgIpc) is 3.32. The molecule has 1 atom stereocenters. The lowest BCUT2D eigenvalue weighted by Gasteiger charge is -2.17. The van der Waals surface area contributed by atoms with Crippen molar-refractivity contribution in [1.29, 1.82) is 0 Å². The maximum Gasteiger partial charge on any atom is 0.191 e. The molecule has 182 valence electrons. The summed E-state index contributed by atoms with van der Waals surface area (Å²) in [4.78, 5) is 6.49. The van der Waals surface area contributed by atoms with Gasteiger partial charge in [-0.1, -0.05) is 24.3 Å². The lowest BCUT2D eigenvalue weighted by atomic mass is 10.1. The highest BCUT2D eigenvalue weighted by atomic mass is 127. The lowest BCUT2D eigenvalue weighted by molar-refractivity contribution is 0.166. The van der Waals surface area contributed by atoms with Crippen molar-refractivity contribution in [1.82, 2.24) is 10.6 Å². The first-order valence-corrected chi connectivity index (χ1v) is 11.6. The van der Waals surface area contributed by atoms with Gasteiger partial charge in [-0.25, -0.2) is 0 Å². The molecule has 33 heavy (non-hydrogen) atoms. The SMILES string of the molecule is CN=C(NCCCc1ccc(N(C)C)cc1)NCc1ccc(C)cc1OCC1CCOC1.I. The van der Waals surface area contributed by atoms with Gasteiger partial charge in [-0.15, -0.1) is 24.0 Å². The summed E-state index contributed by atoms with van der Waals surface area (Å²) >= 11 is 0. The minimum Gasteiger partial charge on any atom is -0.493 e. The number of aliphatic imine (C=N–C) groups is 1. The number of aryl methyl sites for hydroxylation is 2. The molecule has 1 aliphatic rings. The molecule has 2 aromatic rings. The molecule has 3 rings (SSSR count). The fraction of sp³-hybridized carbons (Fsp3) is 0.500. The monoisotopic (exact) mass is 566 g/mol. The molecular formula is C26H39IN4O2. The fourth-order valence-corrected chi connectivity index (χ4v) is 3.72. The Morgan fingerprint density at radius 1 is 1.15 bits per heavy atom. The molecule has 1 fully saturated rings. The molecular weight excluding hydrogens is 527 g/mol. The molecule has 0 amide bonds. The Balaban J connectivity index is 0.00000385. The Labute approximate surface area is 216 Å². The first kappa shape index (κ1) is 27.2. The topological polar surface area (TPSA) is 58.1 Å². The van der Waals surface area contributed by atoms with Crippen molar-refractivity contribution in [2.75, 3.05) is 52.4 Å². The van der Waals surface area contributed by atoms with E-state index in [9.17, 15) is 0 Å². The molecule has 2 aromatic carbocycles. The van der Waals surface area contributed by atoms with E-state index >= 15 is 0 Å². The summed E-state index contributed by atoms with van der Waals surface area (Å²) in [5.74, 6) is 2.24. The van der Waals surface area contributed by atoms with E-state index in [0.717, 1.165) is 56.3 Å². The van der Waals surface area contributed by atoms with Crippen molar-refractivity contribution in [3.8, 4) is 5.75 Å². The van der Waals surface area contributed by atoms with Gasteiger partial charge in [0.25, 0.3) is 0 Å². The number of guanidine groups is 1. The summed E-state index contributed by atoms with van der Waals surface area (Å²) in [5, 5.41) is 6.84. The molecule has 0 aliphatic carbocycles. The van der Waals surface area contributed by atoms with E-state index in [1.165, 1.54) is 16.8 Å². The second-order valence-electron chi connectivity index (χ2n) is 8.67. The average molecular weight is 567 g/mol. The van der Waals surface area contributed by atoms with Crippen LogP contribution in [0.3, 0.4) is 0 Å². The van der Waals surface area contributed by atoms with Crippen LogP contribution in [0.25, 0.3) is 0 Å². The number of hydrogen-bond donors (Lipinski definition) is 2. The van der Waals surface area contributed by atoms with Crippen molar-refractivity contribution < 1.29 is 9.47 Å². The van der Waals surface area contributed by atoms with Crippen LogP contribution in [0.1, 0.15) is 29.5 Å². The number of benzene rings is 2. The third-order valence-corrected chi connectivity index (χ3v) is 5.78. The Kier molecular flexibility index (Phi) is 11.8. The summed E-state index contributed by atoms with van der Waals surface area (Å²) in [5.41, 5.74) is 4.92. The van der Waals surface area contributed by atoms with Gasteiger partial charge in [0, 0.05) is 58.0 Å². The largest absolute Gasteiger partial charge is 0.493 e. The lowest BCUT2D eigenvalue weighted by Crippen LogP contribution is -2.37. The van der Waals surface area contributed by atoms with Crippen LogP contribution in [0.4, 0.5) is 5.69 Å². The third kappa shape index (κ3) is 9.04. The van der Waals surface area contributed by atoms with E-state index in [1.54, 1.807) is 0 Å². The van der Waals surface area contributed by atoms with E-state index in [0.29, 0.717) is 19.1 Å². The predicted octanol–water partition coefficient (Wildman–Crippen LogP) is 4.39. The van der Waals surface area contributed by atoms with Crippen LogP contribution in [0.5, 0.6) is 5.75 Å². The third-order valence-electron chi connectivity index (χ3n) is 5.78. The number of rotatable bonds is 10. The van der Waals surface area contributed by atoms with E-state index in [-0.39, 0.29) is 24.0 Å². The van der Waals surface area contributed by atoms with Crippen molar-refractivity contribution in [3.63, 3.8) is 0 Å². The van der Waals surface area contributed by atoms with Gasteiger partial charge in [-0.3, -0.25) is 4.99 Å². The minimum atomic E-state index is 0. The van der Waals surface area contributed by atoms with Crippen molar-refractivity contribution in [2.24, 2.45) is 10.9 Å². The quantitative estimate of drug-likeness (QED) is 0.194. The highest BCUT2D eigenvalue weighted by molar-refractivity contribution is 14.0. The molecule has 1 unspecified atom stereocenters. The number of ether oxygens (including phenoxy) is 2. The molecule has 7 heteroatoms. The molecule has 2 N–H and O–H groups in total. The summed E-state index contributed by atoms with van der Waals surface area (Å²) in [6.45, 7) is 5.99. The first-order chi connectivity index (χ1) is 15.5. The zero-order chi connectivity index (χ0) is 22.8. The molecule has 0 radical (unpaired) electrons. The number of halogens is 1. The molecule has 1 aliphatic heterocycles. The van der Waals surface area contributed by atoms with Crippen molar-refractivity contribution in [3.05, 3.63) is 59.2 Å². The minimum absolute atomic E-state index is 0. The van der Waals surface area contributed by atoms with Gasteiger partial charge in [0.1, 0.15) is 5.75 Å². The highest BCUT2D eigenvalue weighted by Crippen LogP contribution is 2.22. The van der Waals surface area contributed by atoms with Crippen LogP contribution < -0.4 is 20.3 Å². The Hall–Kier alpha value is -2.00. The number of nitrogens with zero attached hydrogens (tertiary/aromatic N) is 2. The van der Waals surface area contributed by atoms with Gasteiger partial charge in [0.2, 0.25) is 0 Å². The molecule has 0 saturated carbocycles. The van der Waals surface area contributed by atoms with Crippen LogP contribution in [0.2, 0.25) is 0 Å². The summed E-state index contributed by atoms with van der Waals surface area (Å²) in [7, 11) is 5.93. The van der Waals surface area contributed by atoms with E-state index < -0.39 is 0 Å². The normalized spacial score (nSPS) is 15.6. The standard InChI is InChI=1S/C26H38N4O2.HI/c1-20-7-10-23(25(16-20)32-19-22-13-15-31-18-22)17-29-26(27-2)28-14-5-6-21-8-11-24(12-9-21)30(3)4;/h7-12,16,22H,5-6,13-15,17-19H2,1-4H3,(H2,27,28,29);1H. The summed E-state index contributed by atoms with van der Waals surface area (Å²) < 4.78 is 11.6. The van der Waals surface area contributed by atoms with Crippen LogP contribution >= 0.6 is 24.0 Å². The first-order valence-electron chi connectivity index (χ1n) is 11.6. The Morgan fingerprint density at radius 3 is 2.61 bits per heavy atom. The van der Waals surface area contributed by atoms with Gasteiger partial charge in [-0.2, -0.15) is 0 Å². The maximum absolute atomic E-state index is 6.16. The van der Waals surface area contributed by atoms with Gasteiger partial charge in [0.15, 0.2) is 5.96 Å². The number of hydrogen-bond acceptors (Lipinski definition) is 4. The second-order valence-corrected chi connectivity index (χ2v) is 8.67. The van der Waals surface area contributed by atoms with E-state index in [2.05, 4.69) is 84.0 Å². The van der Waals surface area contributed by atoms with E-state index in [4.69, 9.17) is 9.47 Å². The zero-order valence-corrected chi connectivity index (χ0v) is 22.7. The second kappa shape index (κ2) is 14.3. The van der Waals surface area contributed by atoms with Crippen molar-refractivity contribution in [2.45, 2.75) is 32.7 Å². The molecule has 0 bridgehead atoms. The number of anilines is 1. The van der Waals surface area contributed by atoms with Gasteiger partial charge < -0.3 is 25.0 Å². The molecule has 6 nitrogen and oxygen atoms in total. The highest BCUT2D eigenvalue weighted by Gasteiger charge is 2.17. The molecule has 1 saturated heterocycles. The number of nitrogens with one attached hydrogen (secondary N) is 2. The van der Waals surface area contributed by atoms with E-state index in [1.807, 2.05) is 7.05 Å². The zero-order valence-electron chi connectivity index (χ0n) is 20.4. The predicted molar refractivity (Wildman–Crippen MR) is 148 cm³/mol. The van der Waals surface area contributed by atoms with Crippen LogP contribution in [-0.2, 0) is 17.7 Å².